The molecular formula is C15H16ClFN4. The molecule has 0 aliphatic carbocycles. The zero-order valence-electron chi connectivity index (χ0n) is 11.8. The number of para-hydroxylation sites is 1. The van der Waals surface area contributed by atoms with Gasteiger partial charge in [0.05, 0.1) is 11.2 Å². The number of hydrogen-bond acceptors (Lipinski definition) is 2. The van der Waals surface area contributed by atoms with Crippen molar-refractivity contribution < 1.29 is 4.39 Å². The summed E-state index contributed by atoms with van der Waals surface area (Å²) in [7, 11) is 1.89. The third kappa shape index (κ3) is 2.78. The summed E-state index contributed by atoms with van der Waals surface area (Å²) in [6.07, 6.45) is 3.32. The van der Waals surface area contributed by atoms with Gasteiger partial charge in [-0.2, -0.15) is 5.10 Å². The van der Waals surface area contributed by atoms with Crippen molar-refractivity contribution in [3.8, 4) is 0 Å². The quantitative estimate of drug-likeness (QED) is 0.679. The number of alkyl halides is 1. The Kier molecular flexibility index (Phi) is 3.92. The average molecular weight is 307 g/mol. The molecule has 0 bridgehead atoms. The van der Waals surface area contributed by atoms with Crippen molar-refractivity contribution in [2.75, 3.05) is 5.88 Å². The molecule has 0 spiro atoms. The third-order valence-corrected chi connectivity index (χ3v) is 3.68. The number of halogens is 2. The molecule has 1 aromatic carbocycles. The van der Waals surface area contributed by atoms with Crippen LogP contribution in [0.1, 0.15) is 11.5 Å². The Bertz CT molecular complexity index is 762. The molecule has 3 aromatic rings. The minimum absolute atomic E-state index is 0.292. The molecule has 110 valence electrons. The van der Waals surface area contributed by atoms with Gasteiger partial charge in [-0.1, -0.05) is 6.07 Å². The van der Waals surface area contributed by atoms with Crippen LogP contribution in [0.15, 0.2) is 30.5 Å². The summed E-state index contributed by atoms with van der Waals surface area (Å²) in [5.41, 5.74) is 2.23. The summed E-state index contributed by atoms with van der Waals surface area (Å²) in [6, 6.07) is 7.02. The van der Waals surface area contributed by atoms with E-state index in [4.69, 9.17) is 11.6 Å². The highest BCUT2D eigenvalue weighted by Gasteiger charge is 2.13. The van der Waals surface area contributed by atoms with Crippen LogP contribution in [0.2, 0.25) is 0 Å². The fourth-order valence-corrected chi connectivity index (χ4v) is 2.68. The number of benzene rings is 1. The molecule has 0 aliphatic heterocycles. The van der Waals surface area contributed by atoms with Crippen molar-refractivity contribution in [1.82, 2.24) is 19.3 Å². The average Bonchev–Trinajstić information content (AvgIpc) is 3.02. The van der Waals surface area contributed by atoms with Crippen LogP contribution in [-0.4, -0.2) is 25.2 Å². The lowest BCUT2D eigenvalue weighted by atomic mass is 10.2. The molecule has 0 atom stereocenters. The molecule has 0 radical (unpaired) electrons. The molecule has 0 saturated carbocycles. The first-order valence-corrected chi connectivity index (χ1v) is 7.40. The van der Waals surface area contributed by atoms with Crippen LogP contribution in [-0.2, 0) is 26.4 Å². The van der Waals surface area contributed by atoms with E-state index in [2.05, 4.69) is 10.1 Å². The maximum absolute atomic E-state index is 13.9. The summed E-state index contributed by atoms with van der Waals surface area (Å²) in [5.74, 6) is 0.995. The molecule has 0 saturated heterocycles. The second-order valence-electron chi connectivity index (χ2n) is 4.96. The van der Waals surface area contributed by atoms with E-state index in [1.807, 2.05) is 29.9 Å². The topological polar surface area (TPSA) is 35.6 Å². The van der Waals surface area contributed by atoms with Crippen molar-refractivity contribution in [2.24, 2.45) is 7.05 Å². The van der Waals surface area contributed by atoms with E-state index in [9.17, 15) is 4.39 Å². The zero-order chi connectivity index (χ0) is 14.8. The largest absolute Gasteiger partial charge is 0.327 e. The highest BCUT2D eigenvalue weighted by Crippen LogP contribution is 2.20. The first-order valence-electron chi connectivity index (χ1n) is 6.87. The number of imidazole rings is 1. The molecule has 2 aromatic heterocycles. The van der Waals surface area contributed by atoms with E-state index in [0.717, 1.165) is 23.5 Å². The maximum Gasteiger partial charge on any atom is 0.151 e. The fraction of sp³-hybridized carbons (Fsp3) is 0.333. The van der Waals surface area contributed by atoms with Crippen molar-refractivity contribution in [3.63, 3.8) is 0 Å². The van der Waals surface area contributed by atoms with Gasteiger partial charge < -0.3 is 4.57 Å². The molecule has 0 amide bonds. The highest BCUT2D eigenvalue weighted by atomic mass is 35.5. The van der Waals surface area contributed by atoms with Crippen LogP contribution in [0.4, 0.5) is 4.39 Å². The van der Waals surface area contributed by atoms with Crippen molar-refractivity contribution in [2.45, 2.75) is 19.4 Å². The molecule has 0 N–H and O–H groups in total. The van der Waals surface area contributed by atoms with Gasteiger partial charge in [-0.05, 0) is 18.2 Å². The first-order chi connectivity index (χ1) is 10.2. The SMILES string of the molecule is Cn1ccc(CCn2c(CCCl)nc3c(F)cccc32)n1. The minimum Gasteiger partial charge on any atom is -0.327 e. The fourth-order valence-electron chi connectivity index (χ4n) is 2.51. The molecular weight excluding hydrogens is 291 g/mol. The van der Waals surface area contributed by atoms with Crippen molar-refractivity contribution in [3.05, 3.63) is 47.8 Å². The monoisotopic (exact) mass is 306 g/mol. The Hall–Kier alpha value is -1.88. The standard InChI is InChI=1S/C15H16ClFN4/c1-20-9-6-11(19-20)7-10-21-13-4-2-3-12(17)15(13)18-14(21)5-8-16/h2-4,6,9H,5,7-8,10H2,1H3. The Balaban J connectivity index is 1.95. The first kappa shape index (κ1) is 14.1. The van der Waals surface area contributed by atoms with E-state index in [-0.39, 0.29) is 5.82 Å². The van der Waals surface area contributed by atoms with Gasteiger partial charge in [0.25, 0.3) is 0 Å². The van der Waals surface area contributed by atoms with E-state index in [0.29, 0.717) is 24.4 Å². The molecule has 21 heavy (non-hydrogen) atoms. The van der Waals surface area contributed by atoms with Gasteiger partial charge in [-0.25, -0.2) is 9.37 Å². The normalized spacial score (nSPS) is 11.4. The lowest BCUT2D eigenvalue weighted by Gasteiger charge is -2.07. The van der Waals surface area contributed by atoms with E-state index < -0.39 is 0 Å². The van der Waals surface area contributed by atoms with Crippen molar-refractivity contribution in [1.29, 1.82) is 0 Å². The van der Waals surface area contributed by atoms with Gasteiger partial charge >= 0.3 is 0 Å². The molecule has 3 rings (SSSR count). The lowest BCUT2D eigenvalue weighted by Crippen LogP contribution is -2.07. The zero-order valence-corrected chi connectivity index (χ0v) is 12.5. The van der Waals surface area contributed by atoms with Gasteiger partial charge in [0, 0.05) is 38.5 Å². The summed E-state index contributed by atoms with van der Waals surface area (Å²) in [4.78, 5) is 4.40. The molecule has 4 nitrogen and oxygen atoms in total. The highest BCUT2D eigenvalue weighted by molar-refractivity contribution is 6.17. The summed E-state index contributed by atoms with van der Waals surface area (Å²) in [5, 5.41) is 4.37. The van der Waals surface area contributed by atoms with Crippen LogP contribution in [0.5, 0.6) is 0 Å². The van der Waals surface area contributed by atoms with Crippen LogP contribution < -0.4 is 0 Å². The number of aryl methyl sites for hydroxylation is 4. The Morgan fingerprint density at radius 1 is 1.24 bits per heavy atom. The second kappa shape index (κ2) is 5.85. The van der Waals surface area contributed by atoms with Gasteiger partial charge in [-0.3, -0.25) is 4.68 Å². The van der Waals surface area contributed by atoms with Crippen LogP contribution in [0, 0.1) is 5.82 Å². The van der Waals surface area contributed by atoms with E-state index >= 15 is 0 Å². The third-order valence-electron chi connectivity index (χ3n) is 3.49. The number of aromatic nitrogens is 4. The molecule has 6 heteroatoms. The lowest BCUT2D eigenvalue weighted by molar-refractivity contribution is 0.637. The minimum atomic E-state index is -0.292. The van der Waals surface area contributed by atoms with Gasteiger partial charge in [0.2, 0.25) is 0 Å². The Morgan fingerprint density at radius 3 is 2.81 bits per heavy atom. The van der Waals surface area contributed by atoms with Crippen LogP contribution in [0.25, 0.3) is 11.0 Å². The number of fused-ring (bicyclic) bond motifs is 1. The van der Waals surface area contributed by atoms with E-state index in [1.54, 1.807) is 10.7 Å². The predicted molar refractivity (Wildman–Crippen MR) is 81.0 cm³/mol. The predicted octanol–water partition coefficient (Wildman–Crippen LogP) is 2.93. The summed E-state index contributed by atoms with van der Waals surface area (Å²) in [6.45, 7) is 0.711. The van der Waals surface area contributed by atoms with Gasteiger partial charge in [0.1, 0.15) is 11.3 Å². The molecule has 0 aliphatic rings. The second-order valence-corrected chi connectivity index (χ2v) is 5.33. The number of nitrogens with zero attached hydrogens (tertiary/aromatic N) is 4. The van der Waals surface area contributed by atoms with Crippen LogP contribution >= 0.6 is 11.6 Å². The summed E-state index contributed by atoms with van der Waals surface area (Å²) >= 11 is 5.83. The van der Waals surface area contributed by atoms with Gasteiger partial charge in [-0.15, -0.1) is 11.6 Å². The Morgan fingerprint density at radius 2 is 2.10 bits per heavy atom. The molecule has 0 unspecified atom stereocenters. The molecule has 0 fully saturated rings. The Labute approximate surface area is 127 Å². The molecule has 2 heterocycles. The maximum atomic E-state index is 13.9. The smallest absolute Gasteiger partial charge is 0.151 e. The summed E-state index contributed by atoms with van der Waals surface area (Å²) < 4.78 is 17.7. The van der Waals surface area contributed by atoms with Crippen molar-refractivity contribution >= 4 is 22.6 Å². The van der Waals surface area contributed by atoms with Crippen LogP contribution in [0.3, 0.4) is 0 Å². The van der Waals surface area contributed by atoms with Gasteiger partial charge in [0.15, 0.2) is 5.82 Å². The van der Waals surface area contributed by atoms with E-state index in [1.165, 1.54) is 6.07 Å². The number of hydrogen-bond donors (Lipinski definition) is 0. The number of rotatable bonds is 5.